The molecule has 38 heavy (non-hydrogen) atoms. The monoisotopic (exact) mass is 611 g/mol. The summed E-state index contributed by atoms with van der Waals surface area (Å²) in [5.41, 5.74) is 6.48. The minimum Gasteiger partial charge on any atom is -0.412 e. The molecule has 0 aromatic heterocycles. The summed E-state index contributed by atoms with van der Waals surface area (Å²) in [4.78, 5) is -0.0855. The van der Waals surface area contributed by atoms with Crippen LogP contribution in [0.1, 0.15) is 76.7 Å². The van der Waals surface area contributed by atoms with Gasteiger partial charge in [0.25, 0.3) is 20.2 Å². The van der Waals surface area contributed by atoms with Crippen molar-refractivity contribution in [2.45, 2.75) is 87.3 Å². The molecule has 0 aliphatic carbocycles. The SMILES string of the molecule is C=C.CCCCCCCCCCCCc1ccccc1S(=O)(=O)O.Nc1ccc(S(=O)(=O)O)cc1.O.O.[Ti]. The Morgan fingerprint density at radius 3 is 1.53 bits per heavy atom. The summed E-state index contributed by atoms with van der Waals surface area (Å²) in [7, 11) is -8.17. The zero-order valence-corrected chi connectivity index (χ0v) is 25.4. The van der Waals surface area contributed by atoms with Crippen molar-refractivity contribution >= 4 is 25.9 Å². The van der Waals surface area contributed by atoms with E-state index in [0.29, 0.717) is 12.1 Å². The first-order valence-electron chi connectivity index (χ1n) is 11.9. The third kappa shape index (κ3) is 20.4. The van der Waals surface area contributed by atoms with E-state index >= 15 is 0 Å². The number of rotatable bonds is 13. The molecule has 0 saturated heterocycles. The first-order valence-corrected chi connectivity index (χ1v) is 14.8. The fourth-order valence-electron chi connectivity index (χ4n) is 3.40. The van der Waals surface area contributed by atoms with Gasteiger partial charge in [-0.15, -0.1) is 13.2 Å². The number of anilines is 1. The van der Waals surface area contributed by atoms with Crippen LogP contribution in [0.2, 0.25) is 0 Å². The van der Waals surface area contributed by atoms with E-state index in [1.807, 2.05) is 6.07 Å². The molecule has 0 saturated carbocycles. The van der Waals surface area contributed by atoms with Crippen LogP contribution in [-0.4, -0.2) is 36.9 Å². The average molecular weight is 612 g/mol. The molecule has 2 aromatic carbocycles. The quantitative estimate of drug-likeness (QED) is 0.0924. The summed E-state index contributed by atoms with van der Waals surface area (Å²) in [6, 6.07) is 12.0. The van der Waals surface area contributed by atoms with Crippen molar-refractivity contribution in [3.05, 3.63) is 67.3 Å². The van der Waals surface area contributed by atoms with Gasteiger partial charge in [0.1, 0.15) is 0 Å². The van der Waals surface area contributed by atoms with Crippen molar-refractivity contribution in [2.24, 2.45) is 0 Å². The van der Waals surface area contributed by atoms with Gasteiger partial charge in [-0.25, -0.2) is 0 Å². The smallest absolute Gasteiger partial charge is 0.294 e. The molecule has 0 fully saturated rings. The van der Waals surface area contributed by atoms with Gasteiger partial charge in [-0.3, -0.25) is 9.11 Å². The average Bonchev–Trinajstić information content (AvgIpc) is 2.81. The molecule has 0 aliphatic heterocycles. The third-order valence-electron chi connectivity index (χ3n) is 5.23. The molecule has 0 heterocycles. The van der Waals surface area contributed by atoms with Crippen molar-refractivity contribution in [3.8, 4) is 0 Å². The zero-order valence-electron chi connectivity index (χ0n) is 22.2. The number of aryl methyl sites for hydroxylation is 1. The largest absolute Gasteiger partial charge is 0.412 e. The summed E-state index contributed by atoms with van der Waals surface area (Å²) in [5.74, 6) is 0. The van der Waals surface area contributed by atoms with Gasteiger partial charge >= 0.3 is 0 Å². The molecule has 0 spiro atoms. The van der Waals surface area contributed by atoms with Crippen LogP contribution in [0, 0.1) is 0 Å². The molecule has 0 unspecified atom stereocenters. The summed E-state index contributed by atoms with van der Waals surface area (Å²) >= 11 is 0. The predicted octanol–water partition coefficient (Wildman–Crippen LogP) is 5.06. The molecule has 0 aliphatic rings. The fourth-order valence-corrected chi connectivity index (χ4v) is 4.64. The Labute approximate surface area is 243 Å². The maximum Gasteiger partial charge on any atom is 0.294 e. The van der Waals surface area contributed by atoms with Crippen LogP contribution in [0.5, 0.6) is 0 Å². The van der Waals surface area contributed by atoms with Gasteiger partial charge in [0.05, 0.1) is 9.79 Å². The van der Waals surface area contributed by atoms with E-state index in [4.69, 9.17) is 10.3 Å². The van der Waals surface area contributed by atoms with Crippen LogP contribution in [0.25, 0.3) is 0 Å². The standard InChI is InChI=1S/C18H30O3S.C6H7NO3S.C2H4.2H2O.Ti/c1-2-3-4-5-6-7-8-9-10-11-14-17-15-12-13-16-18(17)22(19,20)21;7-5-1-3-6(4-2-5)11(8,9)10;1-2;;;/h12-13,15-16H,2-11,14H2,1H3,(H,19,20,21);1-4H,7H2,(H,8,9,10);1-2H2;2*1H2;. The van der Waals surface area contributed by atoms with E-state index < -0.39 is 20.2 Å². The summed E-state index contributed by atoms with van der Waals surface area (Å²) in [5, 5.41) is 0. The molecule has 2 aromatic rings. The topological polar surface area (TPSA) is 198 Å². The Hall–Kier alpha value is -1.57. The van der Waals surface area contributed by atoms with Crippen LogP contribution >= 0.6 is 0 Å². The van der Waals surface area contributed by atoms with E-state index in [0.717, 1.165) is 18.4 Å². The minimum absolute atomic E-state index is 0. The third-order valence-corrected chi connectivity index (χ3v) is 7.05. The summed E-state index contributed by atoms with van der Waals surface area (Å²) in [6.07, 6.45) is 13.3. The zero-order chi connectivity index (χ0) is 26.7. The number of hydrogen-bond acceptors (Lipinski definition) is 5. The van der Waals surface area contributed by atoms with Crippen LogP contribution in [0.4, 0.5) is 5.69 Å². The number of benzene rings is 2. The van der Waals surface area contributed by atoms with E-state index in [1.54, 1.807) is 12.1 Å². The normalized spacial score (nSPS) is 10.2. The van der Waals surface area contributed by atoms with Crippen LogP contribution in [0.3, 0.4) is 0 Å². The predicted molar refractivity (Wildman–Crippen MR) is 151 cm³/mol. The van der Waals surface area contributed by atoms with Gasteiger partial charge < -0.3 is 16.7 Å². The Balaban J connectivity index is -0.000000308. The van der Waals surface area contributed by atoms with E-state index in [1.165, 1.54) is 81.7 Å². The van der Waals surface area contributed by atoms with Crippen LogP contribution in [0.15, 0.2) is 71.5 Å². The molecule has 0 radical (unpaired) electrons. The molecule has 218 valence electrons. The van der Waals surface area contributed by atoms with Gasteiger partial charge in [-0.1, -0.05) is 82.9 Å². The maximum absolute atomic E-state index is 11.3. The molecule has 0 atom stereocenters. The van der Waals surface area contributed by atoms with E-state index in [2.05, 4.69) is 20.1 Å². The second-order valence-corrected chi connectivity index (χ2v) is 10.9. The Morgan fingerprint density at radius 2 is 1.11 bits per heavy atom. The number of nitrogen functional groups attached to an aromatic ring is 1. The minimum atomic E-state index is -4.10. The van der Waals surface area contributed by atoms with E-state index in [9.17, 15) is 21.4 Å². The van der Waals surface area contributed by atoms with Crippen molar-refractivity contribution in [3.63, 3.8) is 0 Å². The number of unbranched alkanes of at least 4 members (excludes halogenated alkanes) is 9. The summed E-state index contributed by atoms with van der Waals surface area (Å²) < 4.78 is 61.2. The van der Waals surface area contributed by atoms with Crippen LogP contribution < -0.4 is 5.73 Å². The molecule has 12 heteroatoms. The van der Waals surface area contributed by atoms with Gasteiger partial charge in [0.2, 0.25) is 0 Å². The molecule has 2 rings (SSSR count). The second kappa shape index (κ2) is 24.5. The van der Waals surface area contributed by atoms with Crippen molar-refractivity contribution in [1.29, 1.82) is 0 Å². The molecule has 0 bridgehead atoms. The first-order chi connectivity index (χ1) is 16.6. The Morgan fingerprint density at radius 1 is 0.684 bits per heavy atom. The van der Waals surface area contributed by atoms with Gasteiger partial charge in [-0.05, 0) is 48.7 Å². The van der Waals surface area contributed by atoms with Gasteiger partial charge in [0, 0.05) is 27.4 Å². The van der Waals surface area contributed by atoms with E-state index in [-0.39, 0.29) is 42.5 Å². The summed E-state index contributed by atoms with van der Waals surface area (Å²) in [6.45, 7) is 8.24. The molecule has 8 N–H and O–H groups in total. The molecular formula is C26H45NO8S2Ti. The number of hydrogen-bond donors (Lipinski definition) is 3. The fraction of sp³-hybridized carbons (Fsp3) is 0.462. The van der Waals surface area contributed by atoms with Crippen molar-refractivity contribution < 1.29 is 58.6 Å². The van der Waals surface area contributed by atoms with Crippen molar-refractivity contribution in [2.75, 3.05) is 5.73 Å². The Kier molecular flexibility index (Phi) is 28.0. The number of nitrogens with two attached hydrogens (primary N) is 1. The Bertz CT molecular complexity index is 1050. The maximum atomic E-state index is 11.3. The second-order valence-electron chi connectivity index (χ2n) is 8.06. The molecular weight excluding hydrogens is 566 g/mol. The first kappa shape index (κ1) is 43.5. The molecule has 9 nitrogen and oxygen atoms in total. The van der Waals surface area contributed by atoms with Crippen molar-refractivity contribution in [1.82, 2.24) is 0 Å². The van der Waals surface area contributed by atoms with Gasteiger partial charge in [0.15, 0.2) is 0 Å². The van der Waals surface area contributed by atoms with Crippen LogP contribution in [-0.2, 0) is 48.4 Å². The van der Waals surface area contributed by atoms with Gasteiger partial charge in [-0.2, -0.15) is 16.8 Å². The molecule has 0 amide bonds.